The molecule has 1 aliphatic carbocycles. The van der Waals surface area contributed by atoms with Crippen LogP contribution in [0.15, 0.2) is 36.5 Å². The van der Waals surface area contributed by atoms with E-state index >= 15 is 0 Å². The summed E-state index contributed by atoms with van der Waals surface area (Å²) in [5.41, 5.74) is 0.186. The molecule has 1 aromatic carbocycles. The topological polar surface area (TPSA) is 65.5 Å². The first-order valence-corrected chi connectivity index (χ1v) is 10.3. The summed E-state index contributed by atoms with van der Waals surface area (Å²) < 4.78 is 26.7. The molecule has 0 unspecified atom stereocenters. The summed E-state index contributed by atoms with van der Waals surface area (Å²) in [6, 6.07) is 6.29. The number of halogens is 2. The Morgan fingerprint density at radius 3 is 2.37 bits per heavy atom. The molecular weight excluding hydrogens is 390 g/mol. The molecule has 158 valence electrons. The lowest BCUT2D eigenvalue weighted by Crippen LogP contribution is -2.50. The summed E-state index contributed by atoms with van der Waals surface area (Å²) in [6.45, 7) is 2.77. The molecule has 2 fully saturated rings. The number of amides is 2. The van der Waals surface area contributed by atoms with E-state index in [1.54, 1.807) is 12.1 Å². The van der Waals surface area contributed by atoms with E-state index in [2.05, 4.69) is 15.2 Å². The second-order valence-corrected chi connectivity index (χ2v) is 7.78. The molecule has 2 aliphatic rings. The molecule has 0 bridgehead atoms. The highest BCUT2D eigenvalue weighted by Crippen LogP contribution is 2.27. The lowest BCUT2D eigenvalue weighted by atomic mass is 10.1. The lowest BCUT2D eigenvalue weighted by Gasteiger charge is -2.36. The van der Waals surface area contributed by atoms with Gasteiger partial charge in [0.1, 0.15) is 17.5 Å². The van der Waals surface area contributed by atoms with E-state index in [0.717, 1.165) is 43.6 Å². The average Bonchev–Trinajstić information content (AvgIpc) is 3.29. The molecule has 2 heterocycles. The number of benzene rings is 1. The van der Waals surface area contributed by atoms with Crippen molar-refractivity contribution >= 4 is 23.3 Å². The van der Waals surface area contributed by atoms with Crippen LogP contribution < -0.4 is 10.2 Å². The Hall–Kier alpha value is -3.03. The Balaban J connectivity index is 1.32. The molecule has 0 atom stereocenters. The number of rotatable bonds is 4. The van der Waals surface area contributed by atoms with E-state index < -0.39 is 17.5 Å². The van der Waals surface area contributed by atoms with Crippen LogP contribution in [0.2, 0.25) is 0 Å². The fourth-order valence-corrected chi connectivity index (χ4v) is 4.11. The molecule has 1 N–H and O–H groups in total. The van der Waals surface area contributed by atoms with Crippen LogP contribution in [0.25, 0.3) is 0 Å². The van der Waals surface area contributed by atoms with Gasteiger partial charge in [-0.2, -0.15) is 0 Å². The van der Waals surface area contributed by atoms with Gasteiger partial charge in [-0.1, -0.05) is 12.8 Å². The number of nitrogens with zero attached hydrogens (tertiary/aromatic N) is 3. The van der Waals surface area contributed by atoms with Crippen LogP contribution in [0, 0.1) is 17.6 Å². The van der Waals surface area contributed by atoms with Gasteiger partial charge in [-0.25, -0.2) is 13.8 Å². The molecule has 0 radical (unpaired) electrons. The number of hydrogen-bond acceptors (Lipinski definition) is 4. The van der Waals surface area contributed by atoms with Crippen molar-refractivity contribution in [1.82, 2.24) is 9.88 Å². The number of aromatic nitrogens is 1. The van der Waals surface area contributed by atoms with Gasteiger partial charge in [0.05, 0.1) is 17.4 Å². The Labute approximate surface area is 173 Å². The molecule has 30 heavy (non-hydrogen) atoms. The quantitative estimate of drug-likeness (QED) is 0.832. The third kappa shape index (κ3) is 4.42. The number of anilines is 2. The maximum atomic E-state index is 13.7. The Kier molecular flexibility index (Phi) is 5.92. The average molecular weight is 414 g/mol. The zero-order valence-electron chi connectivity index (χ0n) is 16.6. The summed E-state index contributed by atoms with van der Waals surface area (Å²) in [6.07, 6.45) is 5.82. The van der Waals surface area contributed by atoms with Gasteiger partial charge in [0.2, 0.25) is 5.91 Å². The van der Waals surface area contributed by atoms with Crippen molar-refractivity contribution in [2.75, 3.05) is 36.4 Å². The van der Waals surface area contributed by atoms with Gasteiger partial charge >= 0.3 is 0 Å². The zero-order chi connectivity index (χ0) is 21.1. The van der Waals surface area contributed by atoms with Crippen molar-refractivity contribution < 1.29 is 18.4 Å². The zero-order valence-corrected chi connectivity index (χ0v) is 16.6. The number of carbonyl (C=O) groups excluding carboxylic acids is 2. The van der Waals surface area contributed by atoms with E-state index in [4.69, 9.17) is 0 Å². The SMILES string of the molecule is O=C(Nc1ccc(N2CCN(C(=O)C3CCCC3)CC2)nc1)c1ccc(F)cc1F. The summed E-state index contributed by atoms with van der Waals surface area (Å²) in [5, 5.41) is 2.57. The smallest absolute Gasteiger partial charge is 0.258 e. The van der Waals surface area contributed by atoms with Crippen molar-refractivity contribution in [1.29, 1.82) is 0 Å². The number of hydrogen-bond donors (Lipinski definition) is 1. The molecule has 2 aromatic rings. The fraction of sp³-hybridized carbons (Fsp3) is 0.409. The molecule has 0 spiro atoms. The number of piperazine rings is 1. The molecular formula is C22H24F2N4O2. The summed E-state index contributed by atoms with van der Waals surface area (Å²) >= 11 is 0. The predicted octanol–water partition coefficient (Wildman–Crippen LogP) is 3.45. The van der Waals surface area contributed by atoms with Crippen LogP contribution in [-0.4, -0.2) is 47.9 Å². The van der Waals surface area contributed by atoms with Crippen LogP contribution >= 0.6 is 0 Å². The summed E-state index contributed by atoms with van der Waals surface area (Å²) in [7, 11) is 0. The highest BCUT2D eigenvalue weighted by atomic mass is 19.1. The van der Waals surface area contributed by atoms with Crippen molar-refractivity contribution in [2.45, 2.75) is 25.7 Å². The highest BCUT2D eigenvalue weighted by molar-refractivity contribution is 6.04. The van der Waals surface area contributed by atoms with Gasteiger partial charge in [0.25, 0.3) is 5.91 Å². The minimum absolute atomic E-state index is 0.198. The molecule has 1 saturated heterocycles. The molecule has 6 nitrogen and oxygen atoms in total. The maximum Gasteiger partial charge on any atom is 0.258 e. The first kappa shape index (κ1) is 20.3. The van der Waals surface area contributed by atoms with Crippen molar-refractivity contribution in [3.05, 3.63) is 53.7 Å². The lowest BCUT2D eigenvalue weighted by molar-refractivity contribution is -0.135. The molecule has 1 saturated carbocycles. The van der Waals surface area contributed by atoms with Crippen LogP contribution in [0.1, 0.15) is 36.0 Å². The van der Waals surface area contributed by atoms with Gasteiger partial charge in [-0.05, 0) is 37.1 Å². The first-order valence-electron chi connectivity index (χ1n) is 10.3. The molecule has 1 aliphatic heterocycles. The molecule has 1 aromatic heterocycles. The van der Waals surface area contributed by atoms with Crippen LogP contribution in [-0.2, 0) is 4.79 Å². The Morgan fingerprint density at radius 2 is 1.73 bits per heavy atom. The Morgan fingerprint density at radius 1 is 1.00 bits per heavy atom. The van der Waals surface area contributed by atoms with Crippen molar-refractivity contribution in [2.24, 2.45) is 5.92 Å². The summed E-state index contributed by atoms with van der Waals surface area (Å²) in [5.74, 6) is -1.08. The summed E-state index contributed by atoms with van der Waals surface area (Å²) in [4.78, 5) is 33.2. The Bertz CT molecular complexity index is 921. The van der Waals surface area contributed by atoms with E-state index in [9.17, 15) is 18.4 Å². The first-order chi connectivity index (χ1) is 14.5. The van der Waals surface area contributed by atoms with Crippen molar-refractivity contribution in [3.8, 4) is 0 Å². The fourth-order valence-electron chi connectivity index (χ4n) is 4.11. The van der Waals surface area contributed by atoms with Crippen molar-refractivity contribution in [3.63, 3.8) is 0 Å². The van der Waals surface area contributed by atoms with Crippen LogP contribution in [0.3, 0.4) is 0 Å². The second-order valence-electron chi connectivity index (χ2n) is 7.78. The number of nitrogens with one attached hydrogen (secondary N) is 1. The van der Waals surface area contributed by atoms with E-state index in [1.165, 1.54) is 6.20 Å². The second kappa shape index (κ2) is 8.77. The maximum absolute atomic E-state index is 13.7. The standard InChI is InChI=1S/C22H24F2N4O2/c23-16-5-7-18(19(24)13-16)21(29)26-17-6-8-20(25-14-17)27-9-11-28(12-10-27)22(30)15-3-1-2-4-15/h5-8,13-15H,1-4,9-12H2,(H,26,29). The van der Waals surface area contributed by atoms with Crippen LogP contribution in [0.4, 0.5) is 20.3 Å². The largest absolute Gasteiger partial charge is 0.353 e. The minimum atomic E-state index is -0.915. The van der Waals surface area contributed by atoms with Gasteiger partial charge < -0.3 is 15.1 Å². The van der Waals surface area contributed by atoms with E-state index in [0.29, 0.717) is 37.9 Å². The predicted molar refractivity (Wildman–Crippen MR) is 109 cm³/mol. The highest BCUT2D eigenvalue weighted by Gasteiger charge is 2.29. The molecule has 4 rings (SSSR count). The number of carbonyl (C=O) groups is 2. The normalized spacial score (nSPS) is 17.3. The van der Waals surface area contributed by atoms with Crippen LogP contribution in [0.5, 0.6) is 0 Å². The molecule has 8 heteroatoms. The van der Waals surface area contributed by atoms with Gasteiger partial charge in [0.15, 0.2) is 0 Å². The van der Waals surface area contributed by atoms with Gasteiger partial charge in [-0.3, -0.25) is 9.59 Å². The van der Waals surface area contributed by atoms with E-state index in [1.807, 2.05) is 4.90 Å². The monoisotopic (exact) mass is 414 g/mol. The third-order valence-electron chi connectivity index (χ3n) is 5.80. The molecule has 2 amide bonds. The van der Waals surface area contributed by atoms with Gasteiger partial charge in [0, 0.05) is 38.2 Å². The van der Waals surface area contributed by atoms with E-state index in [-0.39, 0.29) is 17.4 Å². The third-order valence-corrected chi connectivity index (χ3v) is 5.80. The van der Waals surface area contributed by atoms with Gasteiger partial charge in [-0.15, -0.1) is 0 Å². The minimum Gasteiger partial charge on any atom is -0.353 e. The number of pyridine rings is 1.